The molecule has 0 bridgehead atoms. The van der Waals surface area contributed by atoms with E-state index in [9.17, 15) is 0 Å². The first-order chi connectivity index (χ1) is 9.77. The smallest absolute Gasteiger partial charge is 0.219 e. The molecule has 0 radical (unpaired) electrons. The first-order valence-corrected chi connectivity index (χ1v) is 6.88. The van der Waals surface area contributed by atoms with Gasteiger partial charge in [0.1, 0.15) is 17.3 Å². The molecule has 0 unspecified atom stereocenters. The molecule has 4 heteroatoms. The van der Waals surface area contributed by atoms with Crippen molar-refractivity contribution in [2.45, 2.75) is 33.1 Å². The number of nitrogen functional groups attached to an aromatic ring is 1. The highest BCUT2D eigenvalue weighted by Crippen LogP contribution is 2.34. The Morgan fingerprint density at radius 3 is 2.52 bits per heavy atom. The predicted octanol–water partition coefficient (Wildman–Crippen LogP) is 3.76. The van der Waals surface area contributed by atoms with E-state index in [4.69, 9.17) is 15.9 Å². The van der Waals surface area contributed by atoms with E-state index in [1.54, 1.807) is 18.2 Å². The van der Waals surface area contributed by atoms with Crippen molar-refractivity contribution >= 4 is 5.84 Å². The van der Waals surface area contributed by atoms with Crippen molar-refractivity contribution < 1.29 is 4.74 Å². The summed E-state index contributed by atoms with van der Waals surface area (Å²) in [6.07, 6.45) is 0. The number of benzene rings is 1. The molecular formula is C17H21N3O. The van der Waals surface area contributed by atoms with Crippen LogP contribution in [0.15, 0.2) is 36.4 Å². The third-order valence-electron chi connectivity index (χ3n) is 3.16. The number of nitrogens with two attached hydrogens (primary N) is 1. The molecule has 0 aliphatic carbocycles. The highest BCUT2D eigenvalue weighted by atomic mass is 16.5. The molecule has 3 N–H and O–H groups in total. The van der Waals surface area contributed by atoms with Crippen LogP contribution in [0.5, 0.6) is 11.6 Å². The third-order valence-corrected chi connectivity index (χ3v) is 3.16. The van der Waals surface area contributed by atoms with Crippen molar-refractivity contribution in [2.24, 2.45) is 5.73 Å². The Labute approximate surface area is 125 Å². The minimum atomic E-state index is -0.0691. The van der Waals surface area contributed by atoms with Crippen LogP contribution in [0.1, 0.15) is 37.6 Å². The molecule has 21 heavy (non-hydrogen) atoms. The van der Waals surface area contributed by atoms with Crippen molar-refractivity contribution in [1.82, 2.24) is 4.98 Å². The topological polar surface area (TPSA) is 72.0 Å². The molecule has 110 valence electrons. The van der Waals surface area contributed by atoms with Crippen LogP contribution in [0.25, 0.3) is 0 Å². The molecule has 2 rings (SSSR count). The van der Waals surface area contributed by atoms with Gasteiger partial charge in [0.2, 0.25) is 5.88 Å². The van der Waals surface area contributed by atoms with Crippen LogP contribution in [0, 0.1) is 12.3 Å². The number of hydrogen-bond acceptors (Lipinski definition) is 3. The fourth-order valence-corrected chi connectivity index (χ4v) is 2.05. The summed E-state index contributed by atoms with van der Waals surface area (Å²) in [6, 6.07) is 11.3. The average Bonchev–Trinajstić information content (AvgIpc) is 2.40. The molecule has 2 aromatic rings. The Bertz CT molecular complexity index is 672. The van der Waals surface area contributed by atoms with Gasteiger partial charge in [-0.15, -0.1) is 0 Å². The summed E-state index contributed by atoms with van der Waals surface area (Å²) in [4.78, 5) is 4.24. The van der Waals surface area contributed by atoms with E-state index in [1.807, 2.05) is 12.1 Å². The summed E-state index contributed by atoms with van der Waals surface area (Å²) >= 11 is 0. The van der Waals surface area contributed by atoms with E-state index < -0.39 is 0 Å². The van der Waals surface area contributed by atoms with Crippen molar-refractivity contribution in [2.75, 3.05) is 0 Å². The number of hydrogen-bond donors (Lipinski definition) is 2. The molecule has 0 saturated heterocycles. The van der Waals surface area contributed by atoms with Crippen molar-refractivity contribution in [3.8, 4) is 11.6 Å². The van der Waals surface area contributed by atoms with Crippen LogP contribution < -0.4 is 10.5 Å². The van der Waals surface area contributed by atoms with E-state index in [2.05, 4.69) is 38.7 Å². The summed E-state index contributed by atoms with van der Waals surface area (Å²) in [5.74, 6) is 1.15. The summed E-state index contributed by atoms with van der Waals surface area (Å²) in [6.45, 7) is 8.50. The van der Waals surface area contributed by atoms with Gasteiger partial charge in [-0.1, -0.05) is 44.5 Å². The number of nitrogens with one attached hydrogen (secondary N) is 1. The second kappa shape index (κ2) is 5.56. The molecule has 0 fully saturated rings. The fraction of sp³-hybridized carbons (Fsp3) is 0.294. The molecule has 1 heterocycles. The largest absolute Gasteiger partial charge is 0.439 e. The molecule has 0 saturated carbocycles. The number of aryl methyl sites for hydroxylation is 1. The minimum Gasteiger partial charge on any atom is -0.439 e. The highest BCUT2D eigenvalue weighted by molar-refractivity contribution is 5.93. The van der Waals surface area contributed by atoms with Crippen LogP contribution in [-0.2, 0) is 5.41 Å². The maximum Gasteiger partial charge on any atom is 0.219 e. The summed E-state index contributed by atoms with van der Waals surface area (Å²) in [5.41, 5.74) is 8.16. The van der Waals surface area contributed by atoms with Crippen LogP contribution in [-0.4, -0.2) is 10.8 Å². The van der Waals surface area contributed by atoms with Gasteiger partial charge in [-0.05, 0) is 24.5 Å². The normalized spacial score (nSPS) is 11.2. The number of pyridine rings is 1. The van der Waals surface area contributed by atoms with Crippen LogP contribution in [0.4, 0.5) is 0 Å². The monoisotopic (exact) mass is 283 g/mol. The maximum absolute atomic E-state index is 7.44. The summed E-state index contributed by atoms with van der Waals surface area (Å²) < 4.78 is 5.92. The van der Waals surface area contributed by atoms with E-state index >= 15 is 0 Å². The second-order valence-electron chi connectivity index (χ2n) is 6.13. The minimum absolute atomic E-state index is 0.0282. The van der Waals surface area contributed by atoms with Gasteiger partial charge in [-0.3, -0.25) is 5.41 Å². The highest BCUT2D eigenvalue weighted by Gasteiger charge is 2.20. The van der Waals surface area contributed by atoms with E-state index in [-0.39, 0.29) is 11.3 Å². The quantitative estimate of drug-likeness (QED) is 0.665. The van der Waals surface area contributed by atoms with Gasteiger partial charge in [0, 0.05) is 11.6 Å². The Balaban J connectivity index is 2.40. The Morgan fingerprint density at radius 1 is 1.19 bits per heavy atom. The van der Waals surface area contributed by atoms with Gasteiger partial charge in [-0.25, -0.2) is 4.98 Å². The van der Waals surface area contributed by atoms with Gasteiger partial charge in [0.05, 0.1) is 0 Å². The number of ether oxygens (including phenoxy) is 1. The summed E-state index contributed by atoms with van der Waals surface area (Å²) in [7, 11) is 0. The first kappa shape index (κ1) is 15.0. The molecule has 1 aromatic heterocycles. The molecular weight excluding hydrogens is 262 g/mol. The molecule has 0 aliphatic heterocycles. The van der Waals surface area contributed by atoms with Crippen LogP contribution in [0.2, 0.25) is 0 Å². The van der Waals surface area contributed by atoms with E-state index in [0.717, 1.165) is 11.3 Å². The van der Waals surface area contributed by atoms with Crippen molar-refractivity contribution in [1.29, 1.82) is 5.41 Å². The predicted molar refractivity (Wildman–Crippen MR) is 85.2 cm³/mol. The van der Waals surface area contributed by atoms with Crippen LogP contribution in [0.3, 0.4) is 0 Å². The number of aromatic nitrogens is 1. The van der Waals surface area contributed by atoms with Gasteiger partial charge in [0.15, 0.2) is 0 Å². The molecule has 1 aromatic carbocycles. The number of nitrogens with zero attached hydrogens (tertiary/aromatic N) is 1. The first-order valence-electron chi connectivity index (χ1n) is 6.88. The maximum atomic E-state index is 7.44. The Morgan fingerprint density at radius 2 is 1.90 bits per heavy atom. The standard InChI is InChI=1S/C17H21N3O/c1-11-8-9-14(12(10-11)17(2,3)4)21-15-7-5-6-13(20-15)16(18)19/h5-10H,1-4H3,(H3,18,19). The lowest BCUT2D eigenvalue weighted by atomic mass is 9.85. The van der Waals surface area contributed by atoms with Crippen molar-refractivity contribution in [3.63, 3.8) is 0 Å². The zero-order chi connectivity index (χ0) is 15.6. The van der Waals surface area contributed by atoms with Gasteiger partial charge in [0.25, 0.3) is 0 Å². The van der Waals surface area contributed by atoms with E-state index in [0.29, 0.717) is 11.6 Å². The number of rotatable bonds is 3. The zero-order valence-electron chi connectivity index (χ0n) is 12.9. The lowest BCUT2D eigenvalue weighted by Gasteiger charge is -2.23. The molecule has 0 atom stereocenters. The molecule has 0 aliphatic rings. The SMILES string of the molecule is Cc1ccc(Oc2cccc(C(=N)N)n2)c(C(C)(C)C)c1. The third kappa shape index (κ3) is 3.60. The lowest BCUT2D eigenvalue weighted by Crippen LogP contribution is -2.14. The van der Waals surface area contributed by atoms with Gasteiger partial charge in [-0.2, -0.15) is 0 Å². The second-order valence-corrected chi connectivity index (χ2v) is 6.13. The van der Waals surface area contributed by atoms with Gasteiger partial charge >= 0.3 is 0 Å². The number of amidine groups is 1. The fourth-order valence-electron chi connectivity index (χ4n) is 2.05. The van der Waals surface area contributed by atoms with Gasteiger partial charge < -0.3 is 10.5 Å². The zero-order valence-corrected chi connectivity index (χ0v) is 12.9. The van der Waals surface area contributed by atoms with Crippen molar-refractivity contribution in [3.05, 3.63) is 53.2 Å². The van der Waals surface area contributed by atoms with Crippen LogP contribution >= 0.6 is 0 Å². The average molecular weight is 283 g/mol. The molecule has 0 amide bonds. The Kier molecular flexibility index (Phi) is 3.98. The summed E-state index contributed by atoms with van der Waals surface area (Å²) in [5, 5.41) is 7.44. The lowest BCUT2D eigenvalue weighted by molar-refractivity contribution is 0.439. The Hall–Kier alpha value is -2.36. The molecule has 0 spiro atoms. The van der Waals surface area contributed by atoms with E-state index in [1.165, 1.54) is 5.56 Å². The molecule has 4 nitrogen and oxygen atoms in total.